The second-order valence-corrected chi connectivity index (χ2v) is 5.13. The summed E-state index contributed by atoms with van der Waals surface area (Å²) in [7, 11) is 0. The van der Waals surface area contributed by atoms with Gasteiger partial charge >= 0.3 is 0 Å². The first kappa shape index (κ1) is 13.6. The number of amides is 1. The molecular formula is C16H20N2O. The highest BCUT2D eigenvalue weighted by Gasteiger charge is 2.35. The van der Waals surface area contributed by atoms with E-state index in [2.05, 4.69) is 13.0 Å². The summed E-state index contributed by atoms with van der Waals surface area (Å²) in [6.07, 6.45) is 3.65. The van der Waals surface area contributed by atoms with E-state index in [0.717, 1.165) is 31.4 Å². The minimum Gasteiger partial charge on any atom is -0.339 e. The van der Waals surface area contributed by atoms with Crippen LogP contribution in [0.15, 0.2) is 30.3 Å². The van der Waals surface area contributed by atoms with Crippen LogP contribution in [-0.2, 0) is 11.2 Å². The summed E-state index contributed by atoms with van der Waals surface area (Å²) in [5.74, 6) is -0.537. The molecule has 100 valence electrons. The third-order valence-corrected chi connectivity index (χ3v) is 3.47. The van der Waals surface area contributed by atoms with Crippen molar-refractivity contribution in [2.24, 2.45) is 5.92 Å². The van der Waals surface area contributed by atoms with Gasteiger partial charge < -0.3 is 4.90 Å². The summed E-state index contributed by atoms with van der Waals surface area (Å²) < 4.78 is 0. The van der Waals surface area contributed by atoms with Crippen molar-refractivity contribution in [3.05, 3.63) is 35.9 Å². The predicted octanol–water partition coefficient (Wildman–Crippen LogP) is 2.77. The summed E-state index contributed by atoms with van der Waals surface area (Å²) in [5, 5.41) is 9.28. The van der Waals surface area contributed by atoms with Gasteiger partial charge in [-0.15, -0.1) is 0 Å². The van der Waals surface area contributed by atoms with E-state index in [1.165, 1.54) is 0 Å². The van der Waals surface area contributed by atoms with Crippen LogP contribution in [0.4, 0.5) is 0 Å². The highest BCUT2D eigenvalue weighted by atomic mass is 16.2. The maximum Gasteiger partial charge on any atom is 0.240 e. The molecule has 1 aliphatic rings. The molecule has 3 heteroatoms. The minimum absolute atomic E-state index is 0.00991. The smallest absolute Gasteiger partial charge is 0.240 e. The van der Waals surface area contributed by atoms with Crippen LogP contribution in [-0.4, -0.2) is 23.4 Å². The number of hydrogen-bond donors (Lipinski definition) is 0. The molecule has 3 nitrogen and oxygen atoms in total. The first-order valence-corrected chi connectivity index (χ1v) is 7.00. The van der Waals surface area contributed by atoms with E-state index in [0.29, 0.717) is 12.5 Å². The lowest BCUT2D eigenvalue weighted by molar-refractivity contribution is -0.134. The molecule has 19 heavy (non-hydrogen) atoms. The molecule has 0 saturated heterocycles. The average Bonchev–Trinajstić information content (AvgIpc) is 3.27. The molecule has 1 aliphatic carbocycles. The van der Waals surface area contributed by atoms with Crippen LogP contribution in [0.5, 0.6) is 0 Å². The van der Waals surface area contributed by atoms with E-state index < -0.39 is 5.92 Å². The van der Waals surface area contributed by atoms with Gasteiger partial charge in [-0.1, -0.05) is 37.3 Å². The summed E-state index contributed by atoms with van der Waals surface area (Å²) >= 11 is 0. The van der Waals surface area contributed by atoms with Gasteiger partial charge in [0.2, 0.25) is 5.91 Å². The molecule has 0 heterocycles. The lowest BCUT2D eigenvalue weighted by Gasteiger charge is -2.24. The predicted molar refractivity (Wildman–Crippen MR) is 74.3 cm³/mol. The van der Waals surface area contributed by atoms with Gasteiger partial charge in [0.1, 0.15) is 5.92 Å². The van der Waals surface area contributed by atoms with Crippen LogP contribution in [0.3, 0.4) is 0 Å². The molecule has 1 aromatic carbocycles. The van der Waals surface area contributed by atoms with Crippen LogP contribution >= 0.6 is 0 Å². The zero-order chi connectivity index (χ0) is 13.7. The Bertz CT molecular complexity index is 459. The normalized spacial score (nSPS) is 15.6. The number of benzene rings is 1. The van der Waals surface area contributed by atoms with Crippen LogP contribution in [0.1, 0.15) is 31.7 Å². The Hall–Kier alpha value is -1.82. The Balaban J connectivity index is 2.04. The molecule has 1 amide bonds. The van der Waals surface area contributed by atoms with Gasteiger partial charge in [-0.05, 0) is 31.2 Å². The summed E-state index contributed by atoms with van der Waals surface area (Å²) in [5.41, 5.74) is 1.05. The van der Waals surface area contributed by atoms with Gasteiger partial charge in [-0.2, -0.15) is 5.26 Å². The van der Waals surface area contributed by atoms with Crippen molar-refractivity contribution in [2.75, 3.05) is 6.54 Å². The zero-order valence-corrected chi connectivity index (χ0v) is 11.4. The van der Waals surface area contributed by atoms with Gasteiger partial charge in [-0.25, -0.2) is 0 Å². The fourth-order valence-electron chi connectivity index (χ4n) is 2.34. The number of carbonyl (C=O) groups is 1. The zero-order valence-electron chi connectivity index (χ0n) is 11.4. The van der Waals surface area contributed by atoms with Crippen molar-refractivity contribution < 1.29 is 4.79 Å². The van der Waals surface area contributed by atoms with E-state index in [1.807, 2.05) is 35.2 Å². The van der Waals surface area contributed by atoms with Crippen LogP contribution in [0.2, 0.25) is 0 Å². The van der Waals surface area contributed by atoms with Crippen LogP contribution in [0, 0.1) is 17.2 Å². The number of rotatable bonds is 6. The van der Waals surface area contributed by atoms with Gasteiger partial charge in [0.15, 0.2) is 0 Å². The largest absolute Gasteiger partial charge is 0.339 e. The maximum atomic E-state index is 12.5. The SMILES string of the molecule is CCCN(C(=O)C(C#N)Cc1ccccc1)C1CC1. The number of nitriles is 1. The van der Waals surface area contributed by atoms with Crippen molar-refractivity contribution in [2.45, 2.75) is 38.6 Å². The van der Waals surface area contributed by atoms with Gasteiger partial charge in [-0.3, -0.25) is 4.79 Å². The van der Waals surface area contributed by atoms with Gasteiger partial charge in [0, 0.05) is 12.6 Å². The molecule has 1 fully saturated rings. The van der Waals surface area contributed by atoms with E-state index in [-0.39, 0.29) is 5.91 Å². The molecule has 0 aliphatic heterocycles. The lowest BCUT2D eigenvalue weighted by Crippen LogP contribution is -2.38. The topological polar surface area (TPSA) is 44.1 Å². The van der Waals surface area contributed by atoms with E-state index in [1.54, 1.807) is 0 Å². The third-order valence-electron chi connectivity index (χ3n) is 3.47. The second kappa shape index (κ2) is 6.38. The van der Waals surface area contributed by atoms with E-state index in [4.69, 9.17) is 0 Å². The second-order valence-electron chi connectivity index (χ2n) is 5.13. The fraction of sp³-hybridized carbons (Fsp3) is 0.500. The molecule has 0 radical (unpaired) electrons. The number of nitrogens with zero attached hydrogens (tertiary/aromatic N) is 2. The molecule has 2 rings (SSSR count). The average molecular weight is 256 g/mol. The molecule has 1 atom stereocenters. The van der Waals surface area contributed by atoms with Crippen molar-refractivity contribution in [3.8, 4) is 6.07 Å². The van der Waals surface area contributed by atoms with Crippen molar-refractivity contribution >= 4 is 5.91 Å². The lowest BCUT2D eigenvalue weighted by atomic mass is 9.99. The van der Waals surface area contributed by atoms with Crippen molar-refractivity contribution in [3.63, 3.8) is 0 Å². The summed E-state index contributed by atoms with van der Waals surface area (Å²) in [4.78, 5) is 14.4. The van der Waals surface area contributed by atoms with E-state index in [9.17, 15) is 10.1 Å². The van der Waals surface area contributed by atoms with Crippen LogP contribution < -0.4 is 0 Å². The molecule has 1 aromatic rings. The summed E-state index contributed by atoms with van der Waals surface area (Å²) in [6.45, 7) is 2.84. The van der Waals surface area contributed by atoms with Crippen molar-refractivity contribution in [1.29, 1.82) is 5.26 Å². The Morgan fingerprint density at radius 1 is 1.42 bits per heavy atom. The Labute approximate surface area is 114 Å². The third kappa shape index (κ3) is 3.57. The van der Waals surface area contributed by atoms with Crippen molar-refractivity contribution in [1.82, 2.24) is 4.90 Å². The quantitative estimate of drug-likeness (QED) is 0.785. The Morgan fingerprint density at radius 3 is 2.63 bits per heavy atom. The monoisotopic (exact) mass is 256 g/mol. The first-order valence-electron chi connectivity index (χ1n) is 7.00. The van der Waals surface area contributed by atoms with Gasteiger partial charge in [0.25, 0.3) is 0 Å². The molecule has 1 unspecified atom stereocenters. The molecule has 1 saturated carbocycles. The van der Waals surface area contributed by atoms with Gasteiger partial charge in [0.05, 0.1) is 6.07 Å². The minimum atomic E-state index is -0.547. The highest BCUT2D eigenvalue weighted by molar-refractivity contribution is 5.82. The molecular weight excluding hydrogens is 236 g/mol. The number of hydrogen-bond acceptors (Lipinski definition) is 2. The Kier molecular flexibility index (Phi) is 4.57. The highest BCUT2D eigenvalue weighted by Crippen LogP contribution is 2.28. The standard InChI is InChI=1S/C16H20N2O/c1-2-10-18(15-8-9-15)16(19)14(12-17)11-13-6-4-3-5-7-13/h3-7,14-15H,2,8-11H2,1H3. The Morgan fingerprint density at radius 2 is 2.11 bits per heavy atom. The molecule has 0 bridgehead atoms. The van der Waals surface area contributed by atoms with Crippen LogP contribution in [0.25, 0.3) is 0 Å². The first-order chi connectivity index (χ1) is 9.26. The number of carbonyl (C=O) groups excluding carboxylic acids is 1. The fourth-order valence-corrected chi connectivity index (χ4v) is 2.34. The molecule has 0 N–H and O–H groups in total. The summed E-state index contributed by atoms with van der Waals surface area (Å²) in [6, 6.07) is 12.3. The molecule has 0 spiro atoms. The van der Waals surface area contributed by atoms with E-state index >= 15 is 0 Å². The molecule has 0 aromatic heterocycles. The maximum absolute atomic E-state index is 12.5.